The largest absolute Gasteiger partial charge is 0.310 e. The van der Waals surface area contributed by atoms with Crippen molar-refractivity contribution in [2.75, 3.05) is 4.90 Å². The molecule has 2 heteroatoms. The molecule has 0 aliphatic heterocycles. The lowest BCUT2D eigenvalue weighted by Gasteiger charge is -2.27. The zero-order chi connectivity index (χ0) is 49.3. The zero-order valence-corrected chi connectivity index (χ0v) is 36.9. The van der Waals surface area contributed by atoms with Gasteiger partial charge in [0.25, 0.3) is 0 Å². The fourth-order valence-electron chi connectivity index (χ4n) is 10.2. The Hall–Kier alpha value is -8.98. The second kappa shape index (κ2) is 16.5. The van der Waals surface area contributed by atoms with Crippen molar-refractivity contribution in [2.24, 2.45) is 0 Å². The first kappa shape index (κ1) is 34.4. The van der Waals surface area contributed by atoms with Gasteiger partial charge in [0.1, 0.15) is 0 Å². The predicted molar refractivity (Wildman–Crippen MR) is 290 cm³/mol. The van der Waals surface area contributed by atoms with Gasteiger partial charge < -0.3 is 9.47 Å². The van der Waals surface area contributed by atoms with Gasteiger partial charge in [0.2, 0.25) is 0 Å². The lowest BCUT2D eigenvalue weighted by atomic mass is 9.94. The summed E-state index contributed by atoms with van der Waals surface area (Å²) in [7, 11) is 0. The van der Waals surface area contributed by atoms with Crippen LogP contribution in [0, 0.1) is 0 Å². The number of anilines is 3. The highest BCUT2D eigenvalue weighted by Crippen LogP contribution is 2.44. The zero-order valence-electron chi connectivity index (χ0n) is 41.9. The van der Waals surface area contributed by atoms with E-state index in [9.17, 15) is 0 Å². The number of rotatable bonds is 8. The van der Waals surface area contributed by atoms with Gasteiger partial charge in [-0.05, 0) is 121 Å². The van der Waals surface area contributed by atoms with E-state index in [-0.39, 0.29) is 29.7 Å². The van der Waals surface area contributed by atoms with Gasteiger partial charge in [0.15, 0.2) is 0 Å². The molecule has 0 amide bonds. The molecule has 0 aliphatic rings. The third-order valence-corrected chi connectivity index (χ3v) is 13.5. The summed E-state index contributed by atoms with van der Waals surface area (Å²) >= 11 is 0. The SMILES string of the molecule is [2H]c1c([2H])c([2H])c(-c2ccc(N(c3ccc(-c4ccccc4)cc3)c3cccc4c(-c5ccc(-c6ccc7c(c6)c6ccc8ccccc8c6n7-c6ccc7ccccc7c6)cc5)cccc34)cc2)c([2H])c1[2H]. The molecular formula is C66H44N2. The Morgan fingerprint density at radius 1 is 0.324 bits per heavy atom. The van der Waals surface area contributed by atoms with Crippen molar-refractivity contribution in [1.82, 2.24) is 4.57 Å². The molecule has 13 rings (SSSR count). The smallest absolute Gasteiger partial charge is 0.0629 e. The number of aromatic nitrogens is 1. The standard InChI is InChI=1S/C66H44N2/c1-3-13-45(14-4-1)48-29-36-55(37-30-48)67(56-38-31-49(32-39-56)46-15-5-2-6-16-46)64-24-12-22-60-58(21-11-23-61(60)64)52-27-25-50(26-28-52)54-35-42-65-63(44-54)62-41-34-51-18-9-10-20-59(51)66(62)68(65)57-40-33-47-17-7-8-19-53(47)43-57/h1-44H/i1D,3D,4D,13D,14D. The second-order valence-electron chi connectivity index (χ2n) is 17.3. The summed E-state index contributed by atoms with van der Waals surface area (Å²) in [6, 6.07) is 82.1. The molecule has 68 heavy (non-hydrogen) atoms. The molecule has 0 fully saturated rings. The molecule has 0 N–H and O–H groups in total. The lowest BCUT2D eigenvalue weighted by molar-refractivity contribution is 1.19. The van der Waals surface area contributed by atoms with Crippen molar-refractivity contribution in [2.45, 2.75) is 0 Å². The molecule has 2 nitrogen and oxygen atoms in total. The Morgan fingerprint density at radius 2 is 0.897 bits per heavy atom. The van der Waals surface area contributed by atoms with Crippen molar-refractivity contribution < 1.29 is 6.85 Å². The van der Waals surface area contributed by atoms with Crippen molar-refractivity contribution in [3.63, 3.8) is 0 Å². The third kappa shape index (κ3) is 6.82. The van der Waals surface area contributed by atoms with Crippen LogP contribution in [0.5, 0.6) is 0 Å². The summed E-state index contributed by atoms with van der Waals surface area (Å²) in [5, 5.41) is 9.46. The molecule has 0 atom stereocenters. The van der Waals surface area contributed by atoms with E-state index in [0.717, 1.165) is 66.9 Å². The van der Waals surface area contributed by atoms with Gasteiger partial charge in [0.05, 0.1) is 23.6 Å². The molecular weight excluding hydrogens is 821 g/mol. The van der Waals surface area contributed by atoms with Gasteiger partial charge in [-0.3, -0.25) is 0 Å². The molecule has 13 aromatic rings. The van der Waals surface area contributed by atoms with E-state index in [1.807, 2.05) is 42.5 Å². The molecule has 0 unspecified atom stereocenters. The Morgan fingerprint density at radius 3 is 1.68 bits per heavy atom. The quantitative estimate of drug-likeness (QED) is 0.148. The highest BCUT2D eigenvalue weighted by Gasteiger charge is 2.19. The maximum atomic E-state index is 8.65. The number of fused-ring (bicyclic) bond motifs is 7. The van der Waals surface area contributed by atoms with Gasteiger partial charge >= 0.3 is 0 Å². The summed E-state index contributed by atoms with van der Waals surface area (Å²) in [5.74, 6) is 0. The maximum absolute atomic E-state index is 8.65. The number of hydrogen-bond donors (Lipinski definition) is 0. The summed E-state index contributed by atoms with van der Waals surface area (Å²) < 4.78 is 44.5. The monoisotopic (exact) mass is 869 g/mol. The Kier molecular flexibility index (Phi) is 8.33. The number of nitrogens with zero attached hydrogens (tertiary/aromatic N) is 2. The minimum atomic E-state index is -0.406. The first-order valence-corrected chi connectivity index (χ1v) is 23.0. The highest BCUT2D eigenvalue weighted by molar-refractivity contribution is 6.19. The van der Waals surface area contributed by atoms with Gasteiger partial charge in [-0.25, -0.2) is 0 Å². The van der Waals surface area contributed by atoms with E-state index in [4.69, 9.17) is 6.85 Å². The maximum Gasteiger partial charge on any atom is 0.0629 e. The average molecular weight is 870 g/mol. The van der Waals surface area contributed by atoms with E-state index in [2.05, 4.69) is 204 Å². The Bertz CT molecular complexity index is 4270. The van der Waals surface area contributed by atoms with E-state index in [1.165, 1.54) is 43.4 Å². The van der Waals surface area contributed by atoms with Gasteiger partial charge in [-0.2, -0.15) is 0 Å². The van der Waals surface area contributed by atoms with Crippen molar-refractivity contribution in [1.29, 1.82) is 0 Å². The first-order chi connectivity index (χ1) is 35.8. The highest BCUT2D eigenvalue weighted by atomic mass is 15.1. The van der Waals surface area contributed by atoms with E-state index < -0.39 is 6.04 Å². The molecule has 318 valence electrons. The molecule has 0 saturated heterocycles. The molecule has 1 aromatic heterocycles. The molecule has 0 spiro atoms. The third-order valence-electron chi connectivity index (χ3n) is 13.5. The van der Waals surface area contributed by atoms with Crippen LogP contribution in [0.15, 0.2) is 267 Å². The molecule has 0 saturated carbocycles. The summed E-state index contributed by atoms with van der Waals surface area (Å²) in [6.07, 6.45) is 0. The minimum absolute atomic E-state index is 0.177. The summed E-state index contributed by atoms with van der Waals surface area (Å²) in [4.78, 5) is 2.23. The lowest BCUT2D eigenvalue weighted by Crippen LogP contribution is -2.10. The van der Waals surface area contributed by atoms with Crippen molar-refractivity contribution in [3.05, 3.63) is 267 Å². The van der Waals surface area contributed by atoms with Gasteiger partial charge in [-0.1, -0.05) is 212 Å². The van der Waals surface area contributed by atoms with Crippen LogP contribution >= 0.6 is 0 Å². The Labute approximate surface area is 402 Å². The van der Waals surface area contributed by atoms with Crippen LogP contribution in [0.2, 0.25) is 0 Å². The summed E-state index contributed by atoms with van der Waals surface area (Å²) in [6.45, 7) is 0. The predicted octanol–water partition coefficient (Wildman–Crippen LogP) is 18.4. The van der Waals surface area contributed by atoms with E-state index in [1.54, 1.807) is 0 Å². The molecule has 0 radical (unpaired) electrons. The van der Waals surface area contributed by atoms with Crippen LogP contribution in [0.1, 0.15) is 6.85 Å². The average Bonchev–Trinajstić information content (AvgIpc) is 3.79. The Balaban J connectivity index is 0.894. The normalized spacial score (nSPS) is 12.6. The fourth-order valence-corrected chi connectivity index (χ4v) is 10.2. The van der Waals surface area contributed by atoms with Gasteiger partial charge in [-0.15, -0.1) is 0 Å². The molecule has 12 aromatic carbocycles. The second-order valence-corrected chi connectivity index (χ2v) is 17.3. The van der Waals surface area contributed by atoms with Crippen LogP contribution in [-0.4, -0.2) is 4.57 Å². The van der Waals surface area contributed by atoms with E-state index >= 15 is 0 Å². The van der Waals surface area contributed by atoms with Crippen LogP contribution in [0.25, 0.3) is 104 Å². The van der Waals surface area contributed by atoms with E-state index in [0.29, 0.717) is 5.56 Å². The fraction of sp³-hybridized carbons (Fsp3) is 0. The van der Waals surface area contributed by atoms with Gasteiger partial charge in [0, 0.05) is 38.6 Å². The van der Waals surface area contributed by atoms with Crippen molar-refractivity contribution >= 4 is 71.2 Å². The molecule has 0 aliphatic carbocycles. The molecule has 0 bridgehead atoms. The topological polar surface area (TPSA) is 8.17 Å². The minimum Gasteiger partial charge on any atom is -0.310 e. The van der Waals surface area contributed by atoms with Crippen LogP contribution in [0.3, 0.4) is 0 Å². The molecule has 1 heterocycles. The van der Waals surface area contributed by atoms with Crippen LogP contribution in [-0.2, 0) is 0 Å². The van der Waals surface area contributed by atoms with Crippen LogP contribution in [0.4, 0.5) is 17.1 Å². The summed E-state index contributed by atoms with van der Waals surface area (Å²) in [5.41, 5.74) is 13.7. The van der Waals surface area contributed by atoms with Crippen LogP contribution < -0.4 is 4.90 Å². The first-order valence-electron chi connectivity index (χ1n) is 25.5. The van der Waals surface area contributed by atoms with Crippen molar-refractivity contribution in [3.8, 4) is 50.2 Å². The number of benzene rings is 12. The number of hydrogen-bond acceptors (Lipinski definition) is 1.